The molecule has 0 bridgehead atoms. The van der Waals surface area contributed by atoms with Crippen molar-refractivity contribution in [3.8, 4) is 0 Å². The van der Waals surface area contributed by atoms with E-state index < -0.39 is 0 Å². The maximum absolute atomic E-state index is 4.69. The van der Waals surface area contributed by atoms with E-state index in [0.29, 0.717) is 6.04 Å². The van der Waals surface area contributed by atoms with Crippen molar-refractivity contribution >= 4 is 21.6 Å². The average Bonchev–Trinajstić information content (AvgIpc) is 2.89. The molecule has 2 aromatic rings. The van der Waals surface area contributed by atoms with Crippen LogP contribution in [0.1, 0.15) is 31.3 Å². The van der Waals surface area contributed by atoms with Gasteiger partial charge in [0.15, 0.2) is 0 Å². The zero-order chi connectivity index (χ0) is 11.8. The van der Waals surface area contributed by atoms with E-state index in [1.807, 2.05) is 0 Å². The van der Waals surface area contributed by atoms with Gasteiger partial charge in [-0.05, 0) is 43.9 Å². The maximum Gasteiger partial charge on any atom is 0.111 e. The van der Waals surface area contributed by atoms with E-state index in [1.165, 1.54) is 16.1 Å². The van der Waals surface area contributed by atoms with E-state index in [1.54, 1.807) is 11.3 Å². The molecule has 90 valence electrons. The highest BCUT2D eigenvalue weighted by Gasteiger charge is 2.32. The second-order valence-corrected chi connectivity index (χ2v) is 6.19. The summed E-state index contributed by atoms with van der Waals surface area (Å²) in [6, 6.07) is 8.74. The van der Waals surface area contributed by atoms with E-state index in [4.69, 9.17) is 0 Å². The van der Waals surface area contributed by atoms with Gasteiger partial charge in [-0.2, -0.15) is 0 Å². The molecule has 1 fully saturated rings. The molecule has 3 rings (SSSR count). The Morgan fingerprint density at radius 1 is 1.47 bits per heavy atom. The van der Waals surface area contributed by atoms with Crippen molar-refractivity contribution in [1.29, 1.82) is 0 Å². The fraction of sp³-hybridized carbons (Fsp3) is 0.500. The molecule has 1 aromatic carbocycles. The van der Waals surface area contributed by atoms with Crippen molar-refractivity contribution in [1.82, 2.24) is 10.3 Å². The number of aromatic nitrogens is 1. The third-order valence-corrected chi connectivity index (χ3v) is 4.86. The molecule has 0 aliphatic heterocycles. The van der Waals surface area contributed by atoms with Crippen LogP contribution in [0.2, 0.25) is 0 Å². The third-order valence-electron chi connectivity index (χ3n) is 3.64. The molecule has 17 heavy (non-hydrogen) atoms. The number of nitrogens with zero attached hydrogens (tertiary/aromatic N) is 1. The first-order valence-corrected chi connectivity index (χ1v) is 7.14. The van der Waals surface area contributed by atoms with Gasteiger partial charge in [0.25, 0.3) is 0 Å². The second-order valence-electron chi connectivity index (χ2n) is 5.12. The van der Waals surface area contributed by atoms with Crippen LogP contribution >= 0.6 is 11.3 Å². The van der Waals surface area contributed by atoms with Gasteiger partial charge in [0.1, 0.15) is 5.01 Å². The SMILES string of the molecule is CC(NCC1CC1C)c1nc2ccccc2s1. The van der Waals surface area contributed by atoms with Crippen molar-refractivity contribution in [2.24, 2.45) is 11.8 Å². The number of benzene rings is 1. The Morgan fingerprint density at radius 2 is 2.24 bits per heavy atom. The Labute approximate surface area is 106 Å². The normalized spacial score (nSPS) is 25.1. The fourth-order valence-corrected chi connectivity index (χ4v) is 3.17. The predicted octanol–water partition coefficient (Wildman–Crippen LogP) is 3.60. The first-order valence-electron chi connectivity index (χ1n) is 6.33. The van der Waals surface area contributed by atoms with Crippen LogP contribution in [-0.2, 0) is 0 Å². The second kappa shape index (κ2) is 4.39. The van der Waals surface area contributed by atoms with Gasteiger partial charge in [0, 0.05) is 0 Å². The largest absolute Gasteiger partial charge is 0.308 e. The lowest BCUT2D eigenvalue weighted by Crippen LogP contribution is -2.21. The van der Waals surface area contributed by atoms with Crippen molar-refractivity contribution in [2.75, 3.05) is 6.54 Å². The summed E-state index contributed by atoms with van der Waals surface area (Å²) in [5.74, 6) is 1.82. The van der Waals surface area contributed by atoms with Gasteiger partial charge >= 0.3 is 0 Å². The van der Waals surface area contributed by atoms with Crippen molar-refractivity contribution < 1.29 is 0 Å². The van der Waals surface area contributed by atoms with E-state index >= 15 is 0 Å². The smallest absolute Gasteiger partial charge is 0.111 e. The molecule has 0 spiro atoms. The topological polar surface area (TPSA) is 24.9 Å². The highest BCUT2D eigenvalue weighted by atomic mass is 32.1. The van der Waals surface area contributed by atoms with Crippen LogP contribution in [0, 0.1) is 11.8 Å². The molecule has 2 nitrogen and oxygen atoms in total. The quantitative estimate of drug-likeness (QED) is 0.891. The average molecular weight is 246 g/mol. The third kappa shape index (κ3) is 2.35. The molecule has 1 aromatic heterocycles. The van der Waals surface area contributed by atoms with Gasteiger partial charge in [-0.15, -0.1) is 11.3 Å². The molecule has 1 N–H and O–H groups in total. The van der Waals surface area contributed by atoms with Crippen LogP contribution in [0.25, 0.3) is 10.2 Å². The van der Waals surface area contributed by atoms with Gasteiger partial charge in [-0.25, -0.2) is 4.98 Å². The highest BCUT2D eigenvalue weighted by molar-refractivity contribution is 7.18. The first kappa shape index (κ1) is 11.2. The van der Waals surface area contributed by atoms with Gasteiger partial charge in [-0.1, -0.05) is 19.1 Å². The standard InChI is InChI=1S/C14H18N2S/c1-9-7-11(9)8-15-10(2)14-16-12-5-3-4-6-13(12)17-14/h3-6,9-11,15H,7-8H2,1-2H3. The van der Waals surface area contributed by atoms with Crippen LogP contribution in [0.15, 0.2) is 24.3 Å². The molecule has 0 saturated heterocycles. The highest BCUT2D eigenvalue weighted by Crippen LogP contribution is 2.37. The number of nitrogens with one attached hydrogen (secondary N) is 1. The van der Waals surface area contributed by atoms with Crippen molar-refractivity contribution in [3.63, 3.8) is 0 Å². The van der Waals surface area contributed by atoms with Gasteiger partial charge in [0.2, 0.25) is 0 Å². The summed E-state index contributed by atoms with van der Waals surface area (Å²) >= 11 is 1.80. The number of rotatable bonds is 4. The predicted molar refractivity (Wildman–Crippen MR) is 73.3 cm³/mol. The van der Waals surface area contributed by atoms with E-state index in [-0.39, 0.29) is 0 Å². The summed E-state index contributed by atoms with van der Waals surface area (Å²) in [5.41, 5.74) is 1.13. The van der Waals surface area contributed by atoms with Crippen molar-refractivity contribution in [3.05, 3.63) is 29.3 Å². The van der Waals surface area contributed by atoms with Crippen LogP contribution < -0.4 is 5.32 Å². The van der Waals surface area contributed by atoms with E-state index in [2.05, 4.69) is 48.4 Å². The number of para-hydroxylation sites is 1. The van der Waals surface area contributed by atoms with Gasteiger partial charge in [0.05, 0.1) is 16.3 Å². The lowest BCUT2D eigenvalue weighted by Gasteiger charge is -2.10. The van der Waals surface area contributed by atoms with Crippen LogP contribution in [0.5, 0.6) is 0 Å². The lowest BCUT2D eigenvalue weighted by atomic mass is 10.3. The molecule has 0 amide bonds. The number of hydrogen-bond donors (Lipinski definition) is 1. The van der Waals surface area contributed by atoms with E-state index in [9.17, 15) is 0 Å². The Kier molecular flexibility index (Phi) is 2.89. The molecular weight excluding hydrogens is 228 g/mol. The minimum atomic E-state index is 0.375. The minimum absolute atomic E-state index is 0.375. The van der Waals surface area contributed by atoms with Crippen molar-refractivity contribution in [2.45, 2.75) is 26.3 Å². The molecule has 1 aliphatic rings. The lowest BCUT2D eigenvalue weighted by molar-refractivity contribution is 0.534. The maximum atomic E-state index is 4.69. The zero-order valence-electron chi connectivity index (χ0n) is 10.3. The number of thiazole rings is 1. The van der Waals surface area contributed by atoms with Crippen LogP contribution in [0.3, 0.4) is 0 Å². The molecular formula is C14H18N2S. The first-order chi connectivity index (χ1) is 8.24. The molecule has 1 saturated carbocycles. The van der Waals surface area contributed by atoms with Gasteiger partial charge < -0.3 is 5.32 Å². The van der Waals surface area contributed by atoms with Crippen LogP contribution in [0.4, 0.5) is 0 Å². The summed E-state index contributed by atoms with van der Waals surface area (Å²) < 4.78 is 1.29. The molecule has 3 atom stereocenters. The summed E-state index contributed by atoms with van der Waals surface area (Å²) in [5, 5.41) is 4.81. The monoisotopic (exact) mass is 246 g/mol. The Morgan fingerprint density at radius 3 is 2.94 bits per heavy atom. The molecule has 0 radical (unpaired) electrons. The summed E-state index contributed by atoms with van der Waals surface area (Å²) in [6.07, 6.45) is 1.39. The summed E-state index contributed by atoms with van der Waals surface area (Å²) in [4.78, 5) is 4.69. The molecule has 1 heterocycles. The molecule has 1 aliphatic carbocycles. The Balaban J connectivity index is 1.69. The summed E-state index contributed by atoms with van der Waals surface area (Å²) in [7, 11) is 0. The summed E-state index contributed by atoms with van der Waals surface area (Å²) in [6.45, 7) is 5.68. The zero-order valence-corrected chi connectivity index (χ0v) is 11.1. The molecule has 3 heteroatoms. The van der Waals surface area contributed by atoms with E-state index in [0.717, 1.165) is 23.9 Å². The Hall–Kier alpha value is -0.930. The Bertz CT molecular complexity index is 487. The number of fused-ring (bicyclic) bond motifs is 1. The molecule has 3 unspecified atom stereocenters. The number of hydrogen-bond acceptors (Lipinski definition) is 3. The van der Waals surface area contributed by atoms with Gasteiger partial charge in [-0.3, -0.25) is 0 Å². The van der Waals surface area contributed by atoms with Crippen LogP contribution in [-0.4, -0.2) is 11.5 Å². The minimum Gasteiger partial charge on any atom is -0.308 e. The fourth-order valence-electron chi connectivity index (χ4n) is 2.17.